The predicted octanol–water partition coefficient (Wildman–Crippen LogP) is 4.23. The van der Waals surface area contributed by atoms with E-state index in [0.29, 0.717) is 0 Å². The summed E-state index contributed by atoms with van der Waals surface area (Å²) >= 11 is 3.44. The molecule has 0 aliphatic carbocycles. The molecule has 0 fully saturated rings. The molecule has 0 saturated heterocycles. The second-order valence-corrected chi connectivity index (χ2v) is 5.66. The largest absolute Gasteiger partial charge is 0.454 e. The van der Waals surface area contributed by atoms with Crippen LogP contribution in [-0.4, -0.2) is 17.0 Å². The van der Waals surface area contributed by atoms with Gasteiger partial charge >= 0.3 is 0 Å². The van der Waals surface area contributed by atoms with Gasteiger partial charge < -0.3 is 9.47 Å². The van der Waals surface area contributed by atoms with Gasteiger partial charge in [0.15, 0.2) is 11.5 Å². The van der Waals surface area contributed by atoms with E-state index in [1.54, 1.807) is 0 Å². The molecule has 2 aromatic carbocycles. The number of rotatable bonds is 2. The number of benzene rings is 2. The molecule has 0 saturated carbocycles. The standard InChI is InChI=1S/C16H11BrN2O2/c17-12-4-1-10(2-5-12)13-8-14(19-18-13)11-3-6-15-16(7-11)21-9-20-15/h1-8H,9H2,(H,18,19). The zero-order valence-corrected chi connectivity index (χ0v) is 12.6. The van der Waals surface area contributed by atoms with Gasteiger partial charge in [-0.3, -0.25) is 5.10 Å². The minimum Gasteiger partial charge on any atom is -0.454 e. The van der Waals surface area contributed by atoms with Crippen LogP contribution < -0.4 is 9.47 Å². The number of hydrogen-bond acceptors (Lipinski definition) is 3. The van der Waals surface area contributed by atoms with E-state index < -0.39 is 0 Å². The smallest absolute Gasteiger partial charge is 0.231 e. The van der Waals surface area contributed by atoms with Crippen molar-refractivity contribution in [2.45, 2.75) is 0 Å². The van der Waals surface area contributed by atoms with Crippen molar-refractivity contribution in [2.24, 2.45) is 0 Å². The maximum absolute atomic E-state index is 5.40. The molecular weight excluding hydrogens is 332 g/mol. The number of aromatic nitrogens is 2. The van der Waals surface area contributed by atoms with Gasteiger partial charge in [-0.05, 0) is 42.0 Å². The van der Waals surface area contributed by atoms with Crippen molar-refractivity contribution in [1.29, 1.82) is 0 Å². The minimum atomic E-state index is 0.281. The molecule has 0 bridgehead atoms. The topological polar surface area (TPSA) is 47.1 Å². The lowest BCUT2D eigenvalue weighted by Crippen LogP contribution is -1.92. The average Bonchev–Trinajstić information content (AvgIpc) is 3.16. The Morgan fingerprint density at radius 1 is 0.905 bits per heavy atom. The van der Waals surface area contributed by atoms with E-state index in [2.05, 4.69) is 26.1 Å². The van der Waals surface area contributed by atoms with E-state index in [4.69, 9.17) is 9.47 Å². The fourth-order valence-corrected chi connectivity index (χ4v) is 2.57. The summed E-state index contributed by atoms with van der Waals surface area (Å²) in [5.74, 6) is 1.54. The maximum atomic E-state index is 5.40. The summed E-state index contributed by atoms with van der Waals surface area (Å²) in [5.41, 5.74) is 3.96. The number of aromatic amines is 1. The van der Waals surface area contributed by atoms with Crippen LogP contribution in [0.4, 0.5) is 0 Å². The van der Waals surface area contributed by atoms with Crippen LogP contribution in [0, 0.1) is 0 Å². The van der Waals surface area contributed by atoms with Crippen molar-refractivity contribution in [3.63, 3.8) is 0 Å². The zero-order chi connectivity index (χ0) is 14.2. The highest BCUT2D eigenvalue weighted by atomic mass is 79.9. The zero-order valence-electron chi connectivity index (χ0n) is 11.0. The van der Waals surface area contributed by atoms with Crippen molar-refractivity contribution < 1.29 is 9.47 Å². The molecule has 0 radical (unpaired) electrons. The SMILES string of the molecule is Brc1ccc(-c2cc(-c3ccc4c(c3)OCO4)n[nH]2)cc1. The Bertz CT molecular complexity index is 796. The quantitative estimate of drug-likeness (QED) is 0.757. The highest BCUT2D eigenvalue weighted by Crippen LogP contribution is 2.36. The number of nitrogens with zero attached hydrogens (tertiary/aromatic N) is 1. The van der Waals surface area contributed by atoms with Crippen LogP contribution in [-0.2, 0) is 0 Å². The fraction of sp³-hybridized carbons (Fsp3) is 0.0625. The first kappa shape index (κ1) is 12.5. The van der Waals surface area contributed by atoms with Gasteiger partial charge in [-0.25, -0.2) is 0 Å². The molecule has 0 amide bonds. The van der Waals surface area contributed by atoms with E-state index in [9.17, 15) is 0 Å². The first-order valence-corrected chi connectivity index (χ1v) is 7.30. The second-order valence-electron chi connectivity index (χ2n) is 4.74. The van der Waals surface area contributed by atoms with Gasteiger partial charge in [0.25, 0.3) is 0 Å². The van der Waals surface area contributed by atoms with Crippen molar-refractivity contribution in [1.82, 2.24) is 10.2 Å². The number of fused-ring (bicyclic) bond motifs is 1. The van der Waals surface area contributed by atoms with E-state index in [0.717, 1.165) is 38.5 Å². The van der Waals surface area contributed by atoms with Crippen LogP contribution in [0.5, 0.6) is 11.5 Å². The molecule has 4 nitrogen and oxygen atoms in total. The maximum Gasteiger partial charge on any atom is 0.231 e. The molecule has 4 rings (SSSR count). The molecule has 3 aromatic rings. The Balaban J connectivity index is 1.69. The summed E-state index contributed by atoms with van der Waals surface area (Å²) in [5, 5.41) is 7.45. The Morgan fingerprint density at radius 3 is 2.52 bits per heavy atom. The number of halogens is 1. The van der Waals surface area contributed by atoms with E-state index in [-0.39, 0.29) is 6.79 Å². The Morgan fingerprint density at radius 2 is 1.67 bits per heavy atom. The summed E-state index contributed by atoms with van der Waals surface area (Å²) in [6.07, 6.45) is 0. The van der Waals surface area contributed by atoms with Crippen LogP contribution in [0.15, 0.2) is 53.0 Å². The number of H-pyrrole nitrogens is 1. The summed E-state index contributed by atoms with van der Waals surface area (Å²) in [6, 6.07) is 16.0. The number of nitrogens with one attached hydrogen (secondary N) is 1. The Hall–Kier alpha value is -2.27. The van der Waals surface area contributed by atoms with E-state index in [1.165, 1.54) is 0 Å². The molecule has 1 N–H and O–H groups in total. The summed E-state index contributed by atoms with van der Waals surface area (Å²) in [7, 11) is 0. The first-order chi connectivity index (χ1) is 10.3. The number of hydrogen-bond donors (Lipinski definition) is 1. The molecule has 0 spiro atoms. The van der Waals surface area contributed by atoms with Crippen molar-refractivity contribution in [3.8, 4) is 34.0 Å². The fourth-order valence-electron chi connectivity index (χ4n) is 2.30. The van der Waals surface area contributed by atoms with Crippen LogP contribution in [0.1, 0.15) is 0 Å². The van der Waals surface area contributed by atoms with E-state index >= 15 is 0 Å². The summed E-state index contributed by atoms with van der Waals surface area (Å²) in [4.78, 5) is 0. The molecule has 1 aromatic heterocycles. The minimum absolute atomic E-state index is 0.281. The molecule has 1 aliphatic rings. The van der Waals surface area contributed by atoms with Gasteiger partial charge in [-0.1, -0.05) is 28.1 Å². The van der Waals surface area contributed by atoms with Gasteiger partial charge in [0, 0.05) is 10.0 Å². The Labute approximate surface area is 129 Å². The van der Waals surface area contributed by atoms with Crippen LogP contribution in [0.25, 0.3) is 22.5 Å². The average molecular weight is 343 g/mol. The van der Waals surface area contributed by atoms with Gasteiger partial charge in [0.1, 0.15) is 0 Å². The highest BCUT2D eigenvalue weighted by molar-refractivity contribution is 9.10. The van der Waals surface area contributed by atoms with Gasteiger partial charge in [0.2, 0.25) is 6.79 Å². The molecular formula is C16H11BrN2O2. The van der Waals surface area contributed by atoms with Crippen molar-refractivity contribution >= 4 is 15.9 Å². The molecule has 5 heteroatoms. The van der Waals surface area contributed by atoms with Crippen LogP contribution >= 0.6 is 15.9 Å². The lowest BCUT2D eigenvalue weighted by Gasteiger charge is -1.99. The summed E-state index contributed by atoms with van der Waals surface area (Å²) < 4.78 is 11.8. The molecule has 0 unspecified atom stereocenters. The third kappa shape index (κ3) is 2.29. The third-order valence-corrected chi connectivity index (χ3v) is 3.93. The molecule has 1 aliphatic heterocycles. The predicted molar refractivity (Wildman–Crippen MR) is 83.3 cm³/mol. The molecule has 104 valence electrons. The van der Waals surface area contributed by atoms with Crippen LogP contribution in [0.2, 0.25) is 0 Å². The highest BCUT2D eigenvalue weighted by Gasteiger charge is 2.15. The molecule has 0 atom stereocenters. The van der Waals surface area contributed by atoms with Crippen molar-refractivity contribution in [3.05, 3.63) is 53.0 Å². The normalized spacial score (nSPS) is 12.6. The molecule has 2 heterocycles. The van der Waals surface area contributed by atoms with Gasteiger partial charge in [-0.2, -0.15) is 5.10 Å². The monoisotopic (exact) mass is 342 g/mol. The first-order valence-electron chi connectivity index (χ1n) is 6.51. The summed E-state index contributed by atoms with van der Waals surface area (Å²) in [6.45, 7) is 0.281. The number of ether oxygens (including phenoxy) is 2. The van der Waals surface area contributed by atoms with Gasteiger partial charge in [0.05, 0.1) is 11.4 Å². The lowest BCUT2D eigenvalue weighted by atomic mass is 10.1. The van der Waals surface area contributed by atoms with E-state index in [1.807, 2.05) is 48.5 Å². The second kappa shape index (κ2) is 4.93. The lowest BCUT2D eigenvalue weighted by molar-refractivity contribution is 0.174. The Kier molecular flexibility index (Phi) is 2.93. The van der Waals surface area contributed by atoms with Crippen molar-refractivity contribution in [2.75, 3.05) is 6.79 Å². The molecule has 21 heavy (non-hydrogen) atoms. The van der Waals surface area contributed by atoms with Gasteiger partial charge in [-0.15, -0.1) is 0 Å². The third-order valence-electron chi connectivity index (χ3n) is 3.40. The van der Waals surface area contributed by atoms with Crippen LogP contribution in [0.3, 0.4) is 0 Å².